The van der Waals surface area contributed by atoms with Crippen molar-refractivity contribution in [2.75, 3.05) is 7.05 Å². The van der Waals surface area contributed by atoms with Crippen molar-refractivity contribution < 1.29 is 4.74 Å². The topological polar surface area (TPSA) is 119 Å². The van der Waals surface area contributed by atoms with Gasteiger partial charge in [-0.3, -0.25) is 9.79 Å². The van der Waals surface area contributed by atoms with E-state index in [4.69, 9.17) is 16.2 Å². The Morgan fingerprint density at radius 2 is 2.07 bits per heavy atom. The predicted octanol–water partition coefficient (Wildman–Crippen LogP) is 2.73. The number of aliphatic imine (C=N–C) groups is 1. The van der Waals surface area contributed by atoms with E-state index in [9.17, 15) is 4.79 Å². The summed E-state index contributed by atoms with van der Waals surface area (Å²) in [5, 5.41) is 7.79. The zero-order valence-electron chi connectivity index (χ0n) is 16.9. The lowest BCUT2D eigenvalue weighted by Crippen LogP contribution is -2.24. The van der Waals surface area contributed by atoms with Crippen LogP contribution in [0.25, 0.3) is 16.3 Å². The van der Waals surface area contributed by atoms with Crippen LogP contribution >= 0.6 is 0 Å². The smallest absolute Gasteiger partial charge is 0.272 e. The molecule has 30 heavy (non-hydrogen) atoms. The highest BCUT2D eigenvalue weighted by Crippen LogP contribution is 2.28. The van der Waals surface area contributed by atoms with E-state index in [0.717, 1.165) is 41.0 Å². The molecule has 1 aromatic heterocycles. The highest BCUT2D eigenvalue weighted by atomic mass is 16.5. The zero-order valence-corrected chi connectivity index (χ0v) is 16.9. The molecule has 154 valence electrons. The summed E-state index contributed by atoms with van der Waals surface area (Å²) < 4.78 is 6.04. The van der Waals surface area contributed by atoms with Crippen LogP contribution in [0.1, 0.15) is 36.1 Å². The van der Waals surface area contributed by atoms with Crippen molar-refractivity contribution in [2.24, 2.45) is 16.5 Å². The number of nitrogens with one attached hydrogen (secondary N) is 1. The molecular formula is C23H25N5O2. The number of hydrogen-bond acceptors (Lipinski definition) is 6. The van der Waals surface area contributed by atoms with Gasteiger partial charge in [0.05, 0.1) is 22.9 Å². The molecule has 3 aromatic rings. The molecule has 1 fully saturated rings. The number of H-pyrrole nitrogens is 1. The maximum absolute atomic E-state index is 12.1. The van der Waals surface area contributed by atoms with Gasteiger partial charge in [-0.05, 0) is 49.1 Å². The van der Waals surface area contributed by atoms with Crippen LogP contribution in [0.15, 0.2) is 58.5 Å². The molecule has 0 saturated heterocycles. The Balaban J connectivity index is 1.74. The molecule has 2 aromatic carbocycles. The predicted molar refractivity (Wildman–Crippen MR) is 120 cm³/mol. The van der Waals surface area contributed by atoms with Crippen LogP contribution in [0.5, 0.6) is 5.75 Å². The molecule has 7 heteroatoms. The number of ether oxygens (including phenoxy) is 1. The van der Waals surface area contributed by atoms with Gasteiger partial charge in [-0.15, -0.1) is 0 Å². The Hall–Kier alpha value is -3.45. The van der Waals surface area contributed by atoms with Crippen molar-refractivity contribution in [3.8, 4) is 5.75 Å². The first-order valence-corrected chi connectivity index (χ1v) is 10.0. The van der Waals surface area contributed by atoms with Crippen LogP contribution in [0, 0.1) is 0 Å². The van der Waals surface area contributed by atoms with Crippen LogP contribution in [0.4, 0.5) is 0 Å². The van der Waals surface area contributed by atoms with E-state index in [1.54, 1.807) is 13.1 Å². The highest BCUT2D eigenvalue weighted by molar-refractivity contribution is 6.32. The average Bonchev–Trinajstić information content (AvgIpc) is 2.75. The number of rotatable bonds is 6. The summed E-state index contributed by atoms with van der Waals surface area (Å²) in [6.07, 6.45) is 5.25. The van der Waals surface area contributed by atoms with Crippen molar-refractivity contribution in [3.63, 3.8) is 0 Å². The summed E-state index contributed by atoms with van der Waals surface area (Å²) in [5.41, 5.74) is 15.4. The first-order valence-electron chi connectivity index (χ1n) is 10.0. The zero-order chi connectivity index (χ0) is 21.1. The SMILES string of the molecule is CN=C(C(=CN)c1ccc2c(=O)[nH]nc(CN)c2c1)c1cccc(OC2CCC2)c1. The second-order valence-corrected chi connectivity index (χ2v) is 7.32. The standard InChI is InChI=1S/C23H25N5O2/c1-26-22(15-4-2-7-17(10-15)30-16-5-3-6-16)20(12-24)14-8-9-18-19(11-14)21(13-25)27-28-23(18)29/h2,4,7-12,16H,3,5-6,13,24-25H2,1H3,(H,28,29). The van der Waals surface area contributed by atoms with Gasteiger partial charge >= 0.3 is 0 Å². The molecule has 7 nitrogen and oxygen atoms in total. The van der Waals surface area contributed by atoms with E-state index in [2.05, 4.69) is 15.2 Å². The summed E-state index contributed by atoms with van der Waals surface area (Å²) in [6.45, 7) is 0.216. The van der Waals surface area contributed by atoms with Gasteiger partial charge in [0.25, 0.3) is 5.56 Å². The Morgan fingerprint density at radius 1 is 1.23 bits per heavy atom. The maximum atomic E-state index is 12.1. The molecule has 0 aliphatic heterocycles. The van der Waals surface area contributed by atoms with Gasteiger partial charge < -0.3 is 16.2 Å². The molecule has 0 spiro atoms. The normalized spacial score (nSPS) is 15.3. The summed E-state index contributed by atoms with van der Waals surface area (Å²) in [4.78, 5) is 16.6. The van der Waals surface area contributed by atoms with E-state index in [0.29, 0.717) is 22.6 Å². The first kappa shape index (κ1) is 19.8. The molecule has 4 rings (SSSR count). The molecule has 0 atom stereocenters. The molecule has 1 aliphatic rings. The van der Waals surface area contributed by atoms with E-state index >= 15 is 0 Å². The average molecular weight is 403 g/mol. The number of nitrogens with zero attached hydrogens (tertiary/aromatic N) is 2. The van der Waals surface area contributed by atoms with Crippen molar-refractivity contribution in [1.82, 2.24) is 10.2 Å². The van der Waals surface area contributed by atoms with Crippen LogP contribution in [0.2, 0.25) is 0 Å². The molecule has 5 N–H and O–H groups in total. The Kier molecular flexibility index (Phi) is 5.63. The number of aromatic amines is 1. The van der Waals surface area contributed by atoms with Gasteiger partial charge in [0.15, 0.2) is 0 Å². The van der Waals surface area contributed by atoms with Crippen molar-refractivity contribution in [3.05, 3.63) is 75.8 Å². The second-order valence-electron chi connectivity index (χ2n) is 7.32. The lowest BCUT2D eigenvalue weighted by atomic mass is 9.94. The molecule has 0 unspecified atom stereocenters. The number of nitrogens with two attached hydrogens (primary N) is 2. The van der Waals surface area contributed by atoms with Gasteiger partial charge in [0.1, 0.15) is 5.75 Å². The number of allylic oxidation sites excluding steroid dienone is 1. The number of benzene rings is 2. The fraction of sp³-hybridized carbons (Fsp3) is 0.261. The Morgan fingerprint density at radius 3 is 2.73 bits per heavy atom. The summed E-state index contributed by atoms with van der Waals surface area (Å²) in [6, 6.07) is 13.4. The highest BCUT2D eigenvalue weighted by Gasteiger charge is 2.20. The second kappa shape index (κ2) is 8.51. The van der Waals surface area contributed by atoms with Gasteiger partial charge in [-0.25, -0.2) is 5.10 Å². The fourth-order valence-corrected chi connectivity index (χ4v) is 3.66. The van der Waals surface area contributed by atoms with Gasteiger partial charge in [-0.1, -0.05) is 18.2 Å². The molecule has 0 amide bonds. The number of hydrogen-bond donors (Lipinski definition) is 3. The van der Waals surface area contributed by atoms with Crippen LogP contribution < -0.4 is 21.8 Å². The molecule has 0 bridgehead atoms. The van der Waals surface area contributed by atoms with Gasteiger partial charge in [0, 0.05) is 36.3 Å². The van der Waals surface area contributed by atoms with Crippen molar-refractivity contribution >= 4 is 22.1 Å². The van der Waals surface area contributed by atoms with Gasteiger partial charge in [0.2, 0.25) is 0 Å². The Bertz CT molecular complexity index is 1190. The van der Waals surface area contributed by atoms with E-state index < -0.39 is 0 Å². The fourth-order valence-electron chi connectivity index (χ4n) is 3.66. The minimum Gasteiger partial charge on any atom is -0.490 e. The van der Waals surface area contributed by atoms with Crippen molar-refractivity contribution in [1.29, 1.82) is 0 Å². The molecule has 1 heterocycles. The third kappa shape index (κ3) is 3.71. The summed E-state index contributed by atoms with van der Waals surface area (Å²) in [5.74, 6) is 0.828. The quantitative estimate of drug-likeness (QED) is 0.547. The summed E-state index contributed by atoms with van der Waals surface area (Å²) in [7, 11) is 1.73. The monoisotopic (exact) mass is 403 g/mol. The largest absolute Gasteiger partial charge is 0.490 e. The molecular weight excluding hydrogens is 378 g/mol. The van der Waals surface area contributed by atoms with E-state index in [1.807, 2.05) is 36.4 Å². The van der Waals surface area contributed by atoms with Crippen LogP contribution in [-0.2, 0) is 6.54 Å². The lowest BCUT2D eigenvalue weighted by molar-refractivity contribution is 0.120. The minimum absolute atomic E-state index is 0.216. The van der Waals surface area contributed by atoms with Crippen LogP contribution in [-0.4, -0.2) is 29.1 Å². The molecule has 1 aliphatic carbocycles. The van der Waals surface area contributed by atoms with Crippen LogP contribution in [0.3, 0.4) is 0 Å². The Labute approximate surface area is 174 Å². The number of aromatic nitrogens is 2. The third-order valence-corrected chi connectivity index (χ3v) is 5.48. The lowest BCUT2D eigenvalue weighted by Gasteiger charge is -2.26. The minimum atomic E-state index is -0.253. The molecule has 0 radical (unpaired) electrons. The first-order chi connectivity index (χ1) is 14.6. The summed E-state index contributed by atoms with van der Waals surface area (Å²) >= 11 is 0. The van der Waals surface area contributed by atoms with Crippen molar-refractivity contribution in [2.45, 2.75) is 31.9 Å². The maximum Gasteiger partial charge on any atom is 0.272 e. The van der Waals surface area contributed by atoms with E-state index in [1.165, 1.54) is 12.6 Å². The van der Waals surface area contributed by atoms with Gasteiger partial charge in [-0.2, -0.15) is 5.10 Å². The molecule has 1 saturated carbocycles. The van der Waals surface area contributed by atoms with E-state index in [-0.39, 0.29) is 12.1 Å². The number of fused-ring (bicyclic) bond motifs is 1. The third-order valence-electron chi connectivity index (χ3n) is 5.48.